The Kier molecular flexibility index (Phi) is 8.00. The van der Waals surface area contributed by atoms with Crippen LogP contribution in [-0.2, 0) is 30.6 Å². The lowest BCUT2D eigenvalue weighted by Gasteiger charge is -2.36. The van der Waals surface area contributed by atoms with Gasteiger partial charge >= 0.3 is 5.97 Å². The molecule has 0 bridgehead atoms. The molecule has 1 N–H and O–H groups in total. The van der Waals surface area contributed by atoms with Crippen molar-refractivity contribution in [3.05, 3.63) is 99.6 Å². The van der Waals surface area contributed by atoms with E-state index in [1.165, 1.54) is 16.0 Å². The second-order valence-corrected chi connectivity index (χ2v) is 10.2. The molecule has 0 fully saturated rings. The fourth-order valence-corrected chi connectivity index (χ4v) is 4.87. The summed E-state index contributed by atoms with van der Waals surface area (Å²) in [4.78, 5) is 26.1. The van der Waals surface area contributed by atoms with Crippen LogP contribution in [0.5, 0.6) is 5.75 Å². The van der Waals surface area contributed by atoms with Gasteiger partial charge < -0.3 is 14.7 Å². The summed E-state index contributed by atoms with van der Waals surface area (Å²) in [5.74, 6) is -0.599. The molecule has 1 aliphatic rings. The van der Waals surface area contributed by atoms with Crippen molar-refractivity contribution in [2.24, 2.45) is 0 Å². The first-order valence-electron chi connectivity index (χ1n) is 12.4. The van der Waals surface area contributed by atoms with E-state index in [1.54, 1.807) is 30.3 Å². The van der Waals surface area contributed by atoms with Crippen LogP contribution in [0.25, 0.3) is 0 Å². The summed E-state index contributed by atoms with van der Waals surface area (Å²) in [6.45, 7) is 4.12. The highest BCUT2D eigenvalue weighted by molar-refractivity contribution is 6.30. The van der Waals surface area contributed by atoms with Crippen LogP contribution in [0.3, 0.4) is 0 Å². The van der Waals surface area contributed by atoms with Crippen molar-refractivity contribution in [3.63, 3.8) is 0 Å². The van der Waals surface area contributed by atoms with Gasteiger partial charge in [0.15, 0.2) is 0 Å². The van der Waals surface area contributed by atoms with Crippen molar-refractivity contribution < 1.29 is 19.4 Å². The van der Waals surface area contributed by atoms with Crippen molar-refractivity contribution in [1.29, 1.82) is 0 Å². The minimum atomic E-state index is -1.06. The molecule has 0 saturated heterocycles. The van der Waals surface area contributed by atoms with Crippen LogP contribution in [0.2, 0.25) is 5.02 Å². The minimum Gasteiger partial charge on any atom is -0.487 e. The highest BCUT2D eigenvalue weighted by Gasteiger charge is 2.32. The number of hydrogen-bond acceptors (Lipinski definition) is 3. The summed E-state index contributed by atoms with van der Waals surface area (Å²) in [6, 6.07) is 21.2. The topological polar surface area (TPSA) is 66.8 Å². The Balaban J connectivity index is 1.47. The van der Waals surface area contributed by atoms with Gasteiger partial charge in [0, 0.05) is 23.6 Å². The maximum Gasteiger partial charge on any atom is 0.323 e. The average molecular weight is 506 g/mol. The third-order valence-corrected chi connectivity index (χ3v) is 6.88. The molecule has 0 aliphatic carbocycles. The molecule has 6 heteroatoms. The van der Waals surface area contributed by atoms with E-state index in [-0.39, 0.29) is 24.6 Å². The molecule has 1 amide bonds. The van der Waals surface area contributed by atoms with Crippen molar-refractivity contribution in [2.45, 2.75) is 58.1 Å². The van der Waals surface area contributed by atoms with Gasteiger partial charge in [-0.3, -0.25) is 9.59 Å². The number of ether oxygens (including phenoxy) is 1. The summed E-state index contributed by atoms with van der Waals surface area (Å²) in [7, 11) is 0. The van der Waals surface area contributed by atoms with Gasteiger partial charge in [0.05, 0.1) is 0 Å². The first-order chi connectivity index (χ1) is 17.2. The third-order valence-electron chi connectivity index (χ3n) is 6.63. The van der Waals surface area contributed by atoms with Crippen LogP contribution in [0.4, 0.5) is 0 Å². The molecule has 1 unspecified atom stereocenters. The number of aliphatic carboxylic acids is 1. The van der Waals surface area contributed by atoms with Crippen molar-refractivity contribution in [3.8, 4) is 5.75 Å². The normalized spacial score (nSPS) is 16.6. The molecule has 1 heterocycles. The van der Waals surface area contributed by atoms with Crippen LogP contribution in [0.15, 0.2) is 66.7 Å². The van der Waals surface area contributed by atoms with Crippen LogP contribution >= 0.6 is 11.6 Å². The van der Waals surface area contributed by atoms with Crippen molar-refractivity contribution in [1.82, 2.24) is 4.90 Å². The Morgan fingerprint density at radius 2 is 1.67 bits per heavy atom. The molecule has 5 nitrogen and oxygen atoms in total. The molecular weight excluding hydrogens is 474 g/mol. The number of nitrogens with zero attached hydrogens (tertiary/aromatic N) is 1. The molecule has 1 atom stereocenters. The number of carbonyl (C=O) groups is 2. The van der Waals surface area contributed by atoms with Gasteiger partial charge in [0.2, 0.25) is 0 Å². The molecule has 3 aromatic carbocycles. The Hall–Kier alpha value is -3.31. The van der Waals surface area contributed by atoms with E-state index in [0.29, 0.717) is 10.6 Å². The van der Waals surface area contributed by atoms with E-state index in [1.807, 2.05) is 12.1 Å². The Morgan fingerprint density at radius 1 is 1.00 bits per heavy atom. The average Bonchev–Trinajstić information content (AvgIpc) is 2.85. The molecule has 1 aliphatic heterocycles. The van der Waals surface area contributed by atoms with E-state index >= 15 is 0 Å². The van der Waals surface area contributed by atoms with Gasteiger partial charge in [-0.1, -0.05) is 61.3 Å². The second kappa shape index (κ2) is 11.2. The van der Waals surface area contributed by atoms with E-state index in [4.69, 9.17) is 16.3 Å². The summed E-state index contributed by atoms with van der Waals surface area (Å²) in [5, 5.41) is 9.97. The summed E-state index contributed by atoms with van der Waals surface area (Å²) >= 11 is 5.95. The Bertz CT molecular complexity index is 1220. The first-order valence-corrected chi connectivity index (χ1v) is 12.8. The largest absolute Gasteiger partial charge is 0.487 e. The smallest absolute Gasteiger partial charge is 0.323 e. The van der Waals surface area contributed by atoms with E-state index in [0.717, 1.165) is 49.0 Å². The summed E-state index contributed by atoms with van der Waals surface area (Å²) < 4.78 is 6.44. The molecule has 3 aromatic rings. The predicted octanol–water partition coefficient (Wildman–Crippen LogP) is 6.35. The Labute approximate surface area is 217 Å². The lowest BCUT2D eigenvalue weighted by molar-refractivity contribution is -0.137. The molecule has 0 aromatic heterocycles. The fraction of sp³-hybridized carbons (Fsp3) is 0.333. The number of fused-ring (bicyclic) bond motifs is 1. The summed E-state index contributed by atoms with van der Waals surface area (Å²) in [6.07, 6.45) is 4.66. The molecule has 0 spiro atoms. The van der Waals surface area contributed by atoms with E-state index in [9.17, 15) is 14.7 Å². The lowest BCUT2D eigenvalue weighted by Crippen LogP contribution is -2.39. The fourth-order valence-electron chi connectivity index (χ4n) is 4.75. The first kappa shape index (κ1) is 25.8. The zero-order valence-electron chi connectivity index (χ0n) is 20.8. The highest BCUT2D eigenvalue weighted by Crippen LogP contribution is 2.36. The molecule has 188 valence electrons. The second-order valence-electron chi connectivity index (χ2n) is 9.80. The lowest BCUT2D eigenvalue weighted by atomic mass is 9.86. The standard InChI is InChI=1S/C30H32ClNO4/c1-3-4-21-5-7-22(8-6-21)18-30(2)16-15-24-17-25(11-14-27(24)36-30)29(35)32(20-28(33)34)19-23-9-12-26(31)13-10-23/h5-14,17H,3-4,15-16,18-20H2,1-2H3,(H,33,34). The molecular formula is C30H32ClNO4. The Morgan fingerprint density at radius 3 is 2.33 bits per heavy atom. The van der Waals surface area contributed by atoms with Gasteiger partial charge in [0.1, 0.15) is 17.9 Å². The number of carboxylic acid groups (broad SMARTS) is 1. The number of carboxylic acids is 1. The highest BCUT2D eigenvalue weighted by atomic mass is 35.5. The number of amides is 1. The van der Waals surface area contributed by atoms with Crippen LogP contribution in [0, 0.1) is 0 Å². The molecule has 0 radical (unpaired) electrons. The van der Waals surface area contributed by atoms with Crippen molar-refractivity contribution in [2.75, 3.05) is 6.54 Å². The van der Waals surface area contributed by atoms with E-state index < -0.39 is 5.97 Å². The van der Waals surface area contributed by atoms with Crippen LogP contribution in [-0.4, -0.2) is 34.0 Å². The zero-order valence-corrected chi connectivity index (χ0v) is 21.6. The van der Waals surface area contributed by atoms with E-state index in [2.05, 4.69) is 38.1 Å². The van der Waals surface area contributed by atoms with Gasteiger partial charge in [-0.25, -0.2) is 0 Å². The monoisotopic (exact) mass is 505 g/mol. The number of benzene rings is 3. The molecule has 4 rings (SSSR count). The number of rotatable bonds is 9. The zero-order chi connectivity index (χ0) is 25.7. The maximum absolute atomic E-state index is 13.3. The minimum absolute atomic E-state index is 0.186. The molecule has 0 saturated carbocycles. The van der Waals surface area contributed by atoms with Crippen LogP contribution in [0.1, 0.15) is 59.3 Å². The SMILES string of the molecule is CCCc1ccc(CC2(C)CCc3cc(C(=O)N(CC(=O)O)Cc4ccc(Cl)cc4)ccc3O2)cc1. The maximum atomic E-state index is 13.3. The number of hydrogen-bond donors (Lipinski definition) is 1. The number of halogens is 1. The van der Waals surface area contributed by atoms with Gasteiger partial charge in [0.25, 0.3) is 5.91 Å². The summed E-state index contributed by atoms with van der Waals surface area (Å²) in [5.41, 5.74) is 4.52. The van der Waals surface area contributed by atoms with Gasteiger partial charge in [-0.15, -0.1) is 0 Å². The van der Waals surface area contributed by atoms with Crippen LogP contribution < -0.4 is 4.74 Å². The quantitative estimate of drug-likeness (QED) is 0.368. The van der Waals surface area contributed by atoms with Gasteiger partial charge in [-0.2, -0.15) is 0 Å². The third kappa shape index (κ3) is 6.46. The molecule has 36 heavy (non-hydrogen) atoms. The predicted molar refractivity (Wildman–Crippen MR) is 142 cm³/mol. The number of aryl methyl sites for hydroxylation is 2. The van der Waals surface area contributed by atoms with Crippen molar-refractivity contribution >= 4 is 23.5 Å². The number of carbonyl (C=O) groups excluding carboxylic acids is 1. The van der Waals surface area contributed by atoms with Gasteiger partial charge in [-0.05, 0) is 78.8 Å².